The zero-order chi connectivity index (χ0) is 12.7. The molecule has 1 aliphatic heterocycles. The second kappa shape index (κ2) is 8.22. The van der Waals surface area contributed by atoms with Crippen molar-refractivity contribution < 1.29 is 8.95 Å². The normalized spacial score (nSPS) is 28.2. The molecule has 1 aliphatic rings. The molecule has 0 aliphatic carbocycles. The van der Waals surface area contributed by atoms with Gasteiger partial charge in [0.2, 0.25) is 0 Å². The quantitative estimate of drug-likeness (QED) is 0.727. The Balaban J connectivity index is 2.11. The van der Waals surface area contributed by atoms with E-state index < -0.39 is 10.8 Å². The van der Waals surface area contributed by atoms with E-state index in [1.807, 2.05) is 6.92 Å². The molecular formula is C13H27NO2S. The molecular weight excluding hydrogens is 234 g/mol. The molecule has 1 saturated heterocycles. The second-order valence-corrected chi connectivity index (χ2v) is 6.76. The van der Waals surface area contributed by atoms with Crippen molar-refractivity contribution in [3.63, 3.8) is 0 Å². The number of hydrogen-bond donors (Lipinski definition) is 1. The van der Waals surface area contributed by atoms with Crippen molar-refractivity contribution in [2.75, 3.05) is 18.9 Å². The van der Waals surface area contributed by atoms with Crippen molar-refractivity contribution in [2.45, 2.75) is 63.9 Å². The molecule has 0 amide bonds. The maximum atomic E-state index is 12.1. The average Bonchev–Trinajstić information content (AvgIpc) is 2.72. The average molecular weight is 261 g/mol. The van der Waals surface area contributed by atoms with Crippen LogP contribution in [0.4, 0.5) is 0 Å². The van der Waals surface area contributed by atoms with Gasteiger partial charge in [-0.1, -0.05) is 6.92 Å². The van der Waals surface area contributed by atoms with Gasteiger partial charge in [0.25, 0.3) is 0 Å². The molecule has 3 nitrogen and oxygen atoms in total. The summed E-state index contributed by atoms with van der Waals surface area (Å²) < 4.78 is 17.5. The van der Waals surface area contributed by atoms with Gasteiger partial charge in [0.05, 0.1) is 11.4 Å². The number of rotatable bonds is 8. The summed E-state index contributed by atoms with van der Waals surface area (Å²) in [5.74, 6) is 0.830. The first-order valence-corrected chi connectivity index (χ1v) is 8.25. The molecule has 1 rings (SSSR count). The molecule has 4 unspecified atom stereocenters. The van der Waals surface area contributed by atoms with E-state index in [1.165, 1.54) is 6.42 Å². The van der Waals surface area contributed by atoms with Crippen molar-refractivity contribution >= 4 is 10.8 Å². The van der Waals surface area contributed by atoms with Crippen molar-refractivity contribution in [3.8, 4) is 0 Å². The minimum Gasteiger partial charge on any atom is -0.377 e. The number of nitrogens with one attached hydrogen (secondary N) is 1. The van der Waals surface area contributed by atoms with Crippen LogP contribution in [0.25, 0.3) is 0 Å². The van der Waals surface area contributed by atoms with Crippen molar-refractivity contribution in [2.24, 2.45) is 0 Å². The Hall–Kier alpha value is 0.0700. The van der Waals surface area contributed by atoms with Crippen LogP contribution in [0.1, 0.15) is 46.5 Å². The van der Waals surface area contributed by atoms with E-state index in [4.69, 9.17) is 4.74 Å². The first-order chi connectivity index (χ1) is 8.15. The van der Waals surface area contributed by atoms with Gasteiger partial charge in [-0.3, -0.25) is 4.21 Å². The van der Waals surface area contributed by atoms with Gasteiger partial charge >= 0.3 is 0 Å². The van der Waals surface area contributed by atoms with E-state index >= 15 is 0 Å². The fraction of sp³-hybridized carbons (Fsp3) is 1.00. The summed E-state index contributed by atoms with van der Waals surface area (Å²) in [6, 6.07) is 0.546. The summed E-state index contributed by atoms with van der Waals surface area (Å²) in [6.07, 6.45) is 4.50. The van der Waals surface area contributed by atoms with Crippen LogP contribution in [-0.4, -0.2) is 40.5 Å². The SMILES string of the molecule is CCCNC(C)CCCS(=O)C1CCOC1C. The Morgan fingerprint density at radius 2 is 2.29 bits per heavy atom. The van der Waals surface area contributed by atoms with Crippen LogP contribution in [0.2, 0.25) is 0 Å². The van der Waals surface area contributed by atoms with Gasteiger partial charge in [-0.25, -0.2) is 0 Å². The molecule has 0 spiro atoms. The van der Waals surface area contributed by atoms with Crippen molar-refractivity contribution in [1.82, 2.24) is 5.32 Å². The Kier molecular flexibility index (Phi) is 7.32. The number of ether oxygens (including phenoxy) is 1. The van der Waals surface area contributed by atoms with Gasteiger partial charge in [-0.05, 0) is 46.1 Å². The third-order valence-corrected chi connectivity index (χ3v) is 5.36. The maximum Gasteiger partial charge on any atom is 0.0691 e. The van der Waals surface area contributed by atoms with Crippen LogP contribution in [0, 0.1) is 0 Å². The fourth-order valence-electron chi connectivity index (χ4n) is 2.23. The first-order valence-electron chi connectivity index (χ1n) is 6.87. The highest BCUT2D eigenvalue weighted by Gasteiger charge is 2.29. The predicted molar refractivity (Wildman–Crippen MR) is 73.8 cm³/mol. The van der Waals surface area contributed by atoms with Crippen LogP contribution in [0.3, 0.4) is 0 Å². The summed E-state index contributed by atoms with van der Waals surface area (Å²) in [4.78, 5) is 0. The zero-order valence-electron chi connectivity index (χ0n) is 11.4. The van der Waals surface area contributed by atoms with E-state index in [0.29, 0.717) is 6.04 Å². The molecule has 0 aromatic carbocycles. The molecule has 0 aromatic rings. The standard InChI is InChI=1S/C13H27NO2S/c1-4-8-14-11(2)6-5-10-17(15)13-7-9-16-12(13)3/h11-14H,4-10H2,1-3H3. The lowest BCUT2D eigenvalue weighted by Gasteiger charge is -2.15. The summed E-state index contributed by atoms with van der Waals surface area (Å²) in [7, 11) is -0.700. The Morgan fingerprint density at radius 3 is 2.88 bits per heavy atom. The smallest absolute Gasteiger partial charge is 0.0691 e. The Labute approximate surface area is 108 Å². The lowest BCUT2D eigenvalue weighted by atomic mass is 10.2. The Morgan fingerprint density at radius 1 is 1.53 bits per heavy atom. The summed E-state index contributed by atoms with van der Waals surface area (Å²) in [5, 5.41) is 3.73. The van der Waals surface area contributed by atoms with Gasteiger partial charge in [-0.15, -0.1) is 0 Å². The molecule has 102 valence electrons. The molecule has 0 radical (unpaired) electrons. The molecule has 1 fully saturated rings. The van der Waals surface area contributed by atoms with Gasteiger partial charge in [0.1, 0.15) is 0 Å². The maximum absolute atomic E-state index is 12.1. The van der Waals surface area contributed by atoms with Crippen LogP contribution in [0.5, 0.6) is 0 Å². The van der Waals surface area contributed by atoms with Crippen LogP contribution in [0.15, 0.2) is 0 Å². The zero-order valence-corrected chi connectivity index (χ0v) is 12.2. The van der Waals surface area contributed by atoms with Gasteiger partial charge in [-0.2, -0.15) is 0 Å². The molecule has 4 atom stereocenters. The van der Waals surface area contributed by atoms with E-state index in [9.17, 15) is 4.21 Å². The molecule has 17 heavy (non-hydrogen) atoms. The van der Waals surface area contributed by atoms with E-state index in [1.54, 1.807) is 0 Å². The summed E-state index contributed by atoms with van der Waals surface area (Å²) >= 11 is 0. The molecule has 4 heteroatoms. The van der Waals surface area contributed by atoms with Crippen molar-refractivity contribution in [3.05, 3.63) is 0 Å². The monoisotopic (exact) mass is 261 g/mol. The van der Waals surface area contributed by atoms with Gasteiger partial charge < -0.3 is 10.1 Å². The lowest BCUT2D eigenvalue weighted by Crippen LogP contribution is -2.28. The second-order valence-electron chi connectivity index (χ2n) is 4.99. The van der Waals surface area contributed by atoms with Crippen LogP contribution in [-0.2, 0) is 15.5 Å². The third kappa shape index (κ3) is 5.49. The highest BCUT2D eigenvalue weighted by Crippen LogP contribution is 2.19. The van der Waals surface area contributed by atoms with Crippen LogP contribution < -0.4 is 5.32 Å². The first kappa shape index (κ1) is 15.1. The summed E-state index contributed by atoms with van der Waals surface area (Å²) in [5.41, 5.74) is 0. The van der Waals surface area contributed by atoms with Crippen LogP contribution >= 0.6 is 0 Å². The number of hydrogen-bond acceptors (Lipinski definition) is 3. The fourth-order valence-corrected chi connectivity index (χ4v) is 3.85. The topological polar surface area (TPSA) is 38.3 Å². The molecule has 0 saturated carbocycles. The van der Waals surface area contributed by atoms with Gasteiger partial charge in [0, 0.05) is 29.2 Å². The highest BCUT2D eigenvalue weighted by molar-refractivity contribution is 7.85. The van der Waals surface area contributed by atoms with E-state index in [0.717, 1.165) is 38.2 Å². The molecule has 1 N–H and O–H groups in total. The van der Waals surface area contributed by atoms with Gasteiger partial charge in [0.15, 0.2) is 0 Å². The predicted octanol–water partition coefficient (Wildman–Crippen LogP) is 2.08. The van der Waals surface area contributed by atoms with Crippen molar-refractivity contribution in [1.29, 1.82) is 0 Å². The Bertz CT molecular complexity index is 235. The molecule has 0 aromatic heterocycles. The summed E-state index contributed by atoms with van der Waals surface area (Å²) in [6.45, 7) is 8.29. The van der Waals surface area contributed by atoms with E-state index in [2.05, 4.69) is 19.2 Å². The largest absolute Gasteiger partial charge is 0.377 e. The minimum atomic E-state index is -0.700. The third-order valence-electron chi connectivity index (χ3n) is 3.37. The molecule has 1 heterocycles. The van der Waals surface area contributed by atoms with E-state index in [-0.39, 0.29) is 11.4 Å². The lowest BCUT2D eigenvalue weighted by molar-refractivity contribution is 0.127. The minimum absolute atomic E-state index is 0.187. The highest BCUT2D eigenvalue weighted by atomic mass is 32.2. The molecule has 0 bridgehead atoms.